The molecule has 126 valence electrons. The molecule has 0 fully saturated rings. The maximum atomic E-state index is 12.9. The molecule has 2 aromatic carbocycles. The maximum absolute atomic E-state index is 12.9. The predicted octanol–water partition coefficient (Wildman–Crippen LogP) is 4.66. The molecule has 0 atom stereocenters. The first-order chi connectivity index (χ1) is 12.1. The Labute approximate surface area is 147 Å². The van der Waals surface area contributed by atoms with Gasteiger partial charge in [0.05, 0.1) is 0 Å². The summed E-state index contributed by atoms with van der Waals surface area (Å²) in [5.41, 5.74) is 1.70. The third kappa shape index (κ3) is 5.06. The van der Waals surface area contributed by atoms with E-state index in [2.05, 4.69) is 10.3 Å². The van der Waals surface area contributed by atoms with Crippen LogP contribution in [0.15, 0.2) is 60.8 Å². The number of nitrogens with zero attached hydrogens (tertiary/aromatic N) is 1. The van der Waals surface area contributed by atoms with Crippen LogP contribution in [0.5, 0.6) is 0 Å². The van der Waals surface area contributed by atoms with E-state index in [0.29, 0.717) is 11.6 Å². The number of nitrogens with one attached hydrogen (secondary N) is 1. The first kappa shape index (κ1) is 17.0. The maximum Gasteiger partial charge on any atom is 0.250 e. The Morgan fingerprint density at radius 3 is 2.36 bits per heavy atom. The van der Waals surface area contributed by atoms with Crippen LogP contribution in [0.3, 0.4) is 0 Å². The van der Waals surface area contributed by atoms with E-state index in [0.717, 1.165) is 16.0 Å². The molecule has 0 saturated heterocycles. The van der Waals surface area contributed by atoms with Crippen LogP contribution in [0.1, 0.15) is 16.0 Å². The van der Waals surface area contributed by atoms with Crippen molar-refractivity contribution in [3.63, 3.8) is 0 Å². The highest BCUT2D eigenvalue weighted by Gasteiger charge is 2.05. The number of rotatable bonds is 5. The minimum atomic E-state index is -0.321. The smallest absolute Gasteiger partial charge is 0.250 e. The molecule has 6 heteroatoms. The normalized spacial score (nSPS) is 11.0. The second-order valence-corrected chi connectivity index (χ2v) is 6.42. The van der Waals surface area contributed by atoms with Gasteiger partial charge in [0.25, 0.3) is 0 Å². The predicted molar refractivity (Wildman–Crippen MR) is 95.4 cm³/mol. The summed E-state index contributed by atoms with van der Waals surface area (Å²) in [5.74, 6) is -0.904. The zero-order valence-corrected chi connectivity index (χ0v) is 13.9. The van der Waals surface area contributed by atoms with E-state index >= 15 is 0 Å². The highest BCUT2D eigenvalue weighted by molar-refractivity contribution is 7.15. The Hall–Kier alpha value is -2.86. The molecule has 3 aromatic rings. The highest BCUT2D eigenvalue weighted by Crippen LogP contribution is 2.21. The summed E-state index contributed by atoms with van der Waals surface area (Å²) in [4.78, 5) is 17.0. The van der Waals surface area contributed by atoms with Crippen LogP contribution < -0.4 is 5.32 Å². The average molecular weight is 356 g/mol. The zero-order valence-electron chi connectivity index (χ0n) is 13.1. The van der Waals surface area contributed by atoms with Crippen LogP contribution in [0.2, 0.25) is 0 Å². The molecular formula is C19H14F2N2OS. The van der Waals surface area contributed by atoms with Crippen LogP contribution in [0.4, 0.5) is 13.9 Å². The molecule has 1 N–H and O–H groups in total. The Balaban J connectivity index is 1.57. The lowest BCUT2D eigenvalue weighted by atomic mass is 10.1. The van der Waals surface area contributed by atoms with Crippen LogP contribution in [0, 0.1) is 11.6 Å². The van der Waals surface area contributed by atoms with Gasteiger partial charge < -0.3 is 0 Å². The first-order valence-corrected chi connectivity index (χ1v) is 8.34. The number of hydrogen-bond acceptors (Lipinski definition) is 3. The minimum absolute atomic E-state index is 0.269. The Morgan fingerprint density at radius 2 is 1.68 bits per heavy atom. The van der Waals surface area contributed by atoms with Gasteiger partial charge in [0.15, 0.2) is 5.13 Å². The lowest BCUT2D eigenvalue weighted by molar-refractivity contribution is -0.111. The van der Waals surface area contributed by atoms with Crippen molar-refractivity contribution in [2.45, 2.75) is 6.42 Å². The van der Waals surface area contributed by atoms with E-state index in [1.54, 1.807) is 36.5 Å². The average Bonchev–Trinajstić information content (AvgIpc) is 3.03. The van der Waals surface area contributed by atoms with Crippen LogP contribution >= 0.6 is 11.3 Å². The van der Waals surface area contributed by atoms with Gasteiger partial charge in [0.2, 0.25) is 5.91 Å². The minimum Gasteiger partial charge on any atom is -0.298 e. The number of thiazole rings is 1. The highest BCUT2D eigenvalue weighted by atomic mass is 32.1. The summed E-state index contributed by atoms with van der Waals surface area (Å²) < 4.78 is 25.7. The van der Waals surface area contributed by atoms with Gasteiger partial charge in [0, 0.05) is 23.6 Å². The molecule has 3 nitrogen and oxygen atoms in total. The molecular weight excluding hydrogens is 342 g/mol. The Kier molecular flexibility index (Phi) is 5.30. The van der Waals surface area contributed by atoms with Gasteiger partial charge in [0.1, 0.15) is 11.6 Å². The summed E-state index contributed by atoms with van der Waals surface area (Å²) >= 11 is 1.36. The van der Waals surface area contributed by atoms with Crippen LogP contribution in [-0.4, -0.2) is 10.9 Å². The molecule has 1 aromatic heterocycles. The van der Waals surface area contributed by atoms with Gasteiger partial charge in [-0.3, -0.25) is 10.1 Å². The number of anilines is 1. The van der Waals surface area contributed by atoms with Gasteiger partial charge in [-0.2, -0.15) is 0 Å². The quantitative estimate of drug-likeness (QED) is 0.676. The lowest BCUT2D eigenvalue weighted by Crippen LogP contribution is -2.07. The van der Waals surface area contributed by atoms with Gasteiger partial charge in [-0.1, -0.05) is 24.3 Å². The van der Waals surface area contributed by atoms with Gasteiger partial charge in [-0.15, -0.1) is 11.3 Å². The molecule has 0 saturated carbocycles. The Morgan fingerprint density at radius 1 is 1.04 bits per heavy atom. The third-order valence-corrected chi connectivity index (χ3v) is 4.29. The lowest BCUT2D eigenvalue weighted by Gasteiger charge is -1.98. The van der Waals surface area contributed by atoms with Gasteiger partial charge in [-0.25, -0.2) is 13.8 Å². The molecule has 0 aliphatic carbocycles. The Bertz CT molecular complexity index is 887. The SMILES string of the molecule is O=C(/C=C/c1ccc(F)cc1)Nc1ncc(Cc2ccc(F)cc2)s1. The van der Waals surface area contributed by atoms with E-state index in [1.807, 2.05) is 0 Å². The van der Waals surface area contributed by atoms with E-state index in [1.165, 1.54) is 41.7 Å². The second-order valence-electron chi connectivity index (χ2n) is 5.31. The molecule has 0 bridgehead atoms. The first-order valence-electron chi connectivity index (χ1n) is 7.52. The molecule has 1 amide bonds. The van der Waals surface area contributed by atoms with E-state index in [9.17, 15) is 13.6 Å². The fourth-order valence-corrected chi connectivity index (χ4v) is 2.99. The van der Waals surface area contributed by atoms with Crippen molar-refractivity contribution in [3.05, 3.63) is 88.4 Å². The molecule has 0 spiro atoms. The summed E-state index contributed by atoms with van der Waals surface area (Å²) in [7, 11) is 0. The molecule has 3 rings (SSSR count). The van der Waals surface area contributed by atoms with Crippen molar-refractivity contribution in [1.29, 1.82) is 0 Å². The number of benzene rings is 2. The standard InChI is InChI=1S/C19H14F2N2OS/c20-15-6-1-13(2-7-15)5-10-18(24)23-19-22-12-17(25-19)11-14-3-8-16(21)9-4-14/h1-10,12H,11H2,(H,22,23,24)/b10-5+. The molecule has 0 radical (unpaired) electrons. The van der Waals surface area contributed by atoms with Gasteiger partial charge >= 0.3 is 0 Å². The number of hydrogen-bond donors (Lipinski definition) is 1. The summed E-state index contributed by atoms with van der Waals surface area (Å²) in [5, 5.41) is 3.18. The van der Waals surface area contributed by atoms with Crippen molar-refractivity contribution in [2.24, 2.45) is 0 Å². The van der Waals surface area contributed by atoms with Crippen molar-refractivity contribution >= 4 is 28.5 Å². The fourth-order valence-electron chi connectivity index (χ4n) is 2.14. The van der Waals surface area contributed by atoms with Crippen molar-refractivity contribution in [2.75, 3.05) is 5.32 Å². The third-order valence-electron chi connectivity index (χ3n) is 3.37. The molecule has 0 unspecified atom stereocenters. The van der Waals surface area contributed by atoms with Crippen LogP contribution in [0.25, 0.3) is 6.08 Å². The summed E-state index contributed by atoms with van der Waals surface area (Å²) in [6.45, 7) is 0. The summed E-state index contributed by atoms with van der Waals surface area (Å²) in [6, 6.07) is 12.1. The van der Waals surface area contributed by atoms with Crippen LogP contribution in [-0.2, 0) is 11.2 Å². The summed E-state index contributed by atoms with van der Waals surface area (Å²) in [6.07, 6.45) is 5.28. The monoisotopic (exact) mass is 356 g/mol. The number of aromatic nitrogens is 1. The van der Waals surface area contributed by atoms with E-state index in [4.69, 9.17) is 0 Å². The largest absolute Gasteiger partial charge is 0.298 e. The topological polar surface area (TPSA) is 42.0 Å². The van der Waals surface area contributed by atoms with Crippen molar-refractivity contribution in [3.8, 4) is 0 Å². The molecule has 25 heavy (non-hydrogen) atoms. The van der Waals surface area contributed by atoms with Gasteiger partial charge in [-0.05, 0) is 41.5 Å². The number of amides is 1. The van der Waals surface area contributed by atoms with E-state index < -0.39 is 0 Å². The molecule has 0 aliphatic heterocycles. The van der Waals surface area contributed by atoms with Crippen molar-refractivity contribution in [1.82, 2.24) is 4.98 Å². The number of carbonyl (C=O) groups excluding carboxylic acids is 1. The zero-order chi connectivity index (χ0) is 17.6. The number of halogens is 2. The fraction of sp³-hybridized carbons (Fsp3) is 0.0526. The van der Waals surface area contributed by atoms with Crippen molar-refractivity contribution < 1.29 is 13.6 Å². The second kappa shape index (κ2) is 7.81. The molecule has 1 heterocycles. The molecule has 0 aliphatic rings. The number of carbonyl (C=O) groups is 1. The van der Waals surface area contributed by atoms with E-state index in [-0.39, 0.29) is 17.5 Å².